The molecule has 6 heteroatoms. The topological polar surface area (TPSA) is 92.4 Å². The number of hydrogen-bond acceptors (Lipinski definition) is 4. The van der Waals surface area contributed by atoms with Crippen LogP contribution in [0.3, 0.4) is 0 Å². The smallest absolute Gasteiger partial charge is 0.252 e. The first kappa shape index (κ1) is 14.2. The van der Waals surface area contributed by atoms with Crippen molar-refractivity contribution in [3.8, 4) is 11.8 Å². The van der Waals surface area contributed by atoms with Gasteiger partial charge in [0, 0.05) is 11.8 Å². The lowest BCUT2D eigenvalue weighted by atomic mass is 10.2. The van der Waals surface area contributed by atoms with Crippen molar-refractivity contribution in [3.05, 3.63) is 21.9 Å². The number of carbonyl (C=O) groups excluding carboxylic acids is 2. The molecule has 1 aromatic rings. The molecule has 0 bridgehead atoms. The van der Waals surface area contributed by atoms with E-state index in [2.05, 4.69) is 17.2 Å². The van der Waals surface area contributed by atoms with Crippen LogP contribution in [-0.4, -0.2) is 29.6 Å². The van der Waals surface area contributed by atoms with E-state index < -0.39 is 11.9 Å². The lowest BCUT2D eigenvalue weighted by Gasteiger charge is -2.08. The van der Waals surface area contributed by atoms with Crippen molar-refractivity contribution in [2.75, 3.05) is 6.61 Å². The highest BCUT2D eigenvalue weighted by Gasteiger charge is 2.14. The number of primary amides is 1. The highest BCUT2D eigenvalue weighted by atomic mass is 32.1. The summed E-state index contributed by atoms with van der Waals surface area (Å²) in [5.41, 5.74) is 5.50. The van der Waals surface area contributed by atoms with E-state index in [0.29, 0.717) is 12.0 Å². The summed E-state index contributed by atoms with van der Waals surface area (Å²) in [5, 5.41) is 12.7. The standard InChI is InChI=1S/C12H14N2O3S/c1-8(11(13)16)14-12(17)9-6-10(18-7-9)4-2-3-5-15/h6-8,15H,3,5H2,1H3,(H2,13,16)(H,14,17). The molecule has 5 nitrogen and oxygen atoms in total. The van der Waals surface area contributed by atoms with Gasteiger partial charge in [0.25, 0.3) is 5.91 Å². The van der Waals surface area contributed by atoms with Gasteiger partial charge < -0.3 is 16.2 Å². The third-order valence-electron chi connectivity index (χ3n) is 2.08. The number of amides is 2. The predicted molar refractivity (Wildman–Crippen MR) is 69.0 cm³/mol. The largest absolute Gasteiger partial charge is 0.395 e. The summed E-state index contributed by atoms with van der Waals surface area (Å²) in [6.45, 7) is 1.54. The summed E-state index contributed by atoms with van der Waals surface area (Å²) in [5.74, 6) is 4.67. The lowest BCUT2D eigenvalue weighted by Crippen LogP contribution is -2.42. The molecule has 1 aromatic heterocycles. The van der Waals surface area contributed by atoms with Crippen LogP contribution in [0.25, 0.3) is 0 Å². The van der Waals surface area contributed by atoms with Gasteiger partial charge in [-0.05, 0) is 13.0 Å². The summed E-state index contributed by atoms with van der Waals surface area (Å²) in [7, 11) is 0. The average molecular weight is 266 g/mol. The number of carbonyl (C=O) groups is 2. The molecule has 0 aromatic carbocycles. The molecular formula is C12H14N2O3S. The third-order valence-corrected chi connectivity index (χ3v) is 2.93. The second-order valence-corrected chi connectivity index (χ2v) is 4.48. The van der Waals surface area contributed by atoms with Gasteiger partial charge in [-0.1, -0.05) is 11.8 Å². The molecule has 0 spiro atoms. The van der Waals surface area contributed by atoms with E-state index >= 15 is 0 Å². The van der Waals surface area contributed by atoms with Gasteiger partial charge in [-0.2, -0.15) is 0 Å². The number of rotatable bonds is 4. The normalized spacial score (nSPS) is 11.2. The van der Waals surface area contributed by atoms with Crippen molar-refractivity contribution < 1.29 is 14.7 Å². The molecule has 1 heterocycles. The van der Waals surface area contributed by atoms with E-state index in [9.17, 15) is 9.59 Å². The van der Waals surface area contributed by atoms with Crippen LogP contribution < -0.4 is 11.1 Å². The van der Waals surface area contributed by atoms with Crippen molar-refractivity contribution in [1.29, 1.82) is 0 Å². The molecule has 2 amide bonds. The van der Waals surface area contributed by atoms with Crippen molar-refractivity contribution >= 4 is 23.2 Å². The van der Waals surface area contributed by atoms with E-state index in [1.54, 1.807) is 11.4 Å². The molecule has 18 heavy (non-hydrogen) atoms. The van der Waals surface area contributed by atoms with Gasteiger partial charge in [-0.25, -0.2) is 0 Å². The highest BCUT2D eigenvalue weighted by molar-refractivity contribution is 7.10. The first-order valence-electron chi connectivity index (χ1n) is 5.33. The second kappa shape index (κ2) is 6.79. The Kier molecular flexibility index (Phi) is 5.36. The van der Waals surface area contributed by atoms with E-state index in [-0.39, 0.29) is 12.5 Å². The van der Waals surface area contributed by atoms with Crippen LogP contribution in [-0.2, 0) is 4.79 Å². The number of nitrogens with one attached hydrogen (secondary N) is 1. The zero-order chi connectivity index (χ0) is 13.5. The molecular weight excluding hydrogens is 252 g/mol. The Hall–Kier alpha value is -1.84. The fourth-order valence-corrected chi connectivity index (χ4v) is 1.83. The Bertz CT molecular complexity index is 499. The molecule has 96 valence electrons. The summed E-state index contributed by atoms with van der Waals surface area (Å²) in [6.07, 6.45) is 0.401. The van der Waals surface area contributed by atoms with Crippen LogP contribution in [0.5, 0.6) is 0 Å². The predicted octanol–water partition coefficient (Wildman–Crippen LogP) is 0.0856. The Morgan fingerprint density at radius 3 is 2.94 bits per heavy atom. The SMILES string of the molecule is CC(NC(=O)c1csc(C#CCCO)c1)C(N)=O. The second-order valence-electron chi connectivity index (χ2n) is 3.57. The maximum atomic E-state index is 11.7. The van der Waals surface area contributed by atoms with Gasteiger partial charge in [0.05, 0.1) is 17.0 Å². The first-order chi connectivity index (χ1) is 8.54. The molecule has 0 fully saturated rings. The molecule has 0 aliphatic rings. The number of aliphatic hydroxyl groups excluding tert-OH is 1. The van der Waals surface area contributed by atoms with Gasteiger partial charge in [-0.3, -0.25) is 9.59 Å². The summed E-state index contributed by atoms with van der Waals surface area (Å²) in [4.78, 5) is 23.2. The molecule has 4 N–H and O–H groups in total. The number of thiophene rings is 1. The number of aliphatic hydroxyl groups is 1. The van der Waals surface area contributed by atoms with Crippen molar-refractivity contribution in [1.82, 2.24) is 5.32 Å². The maximum Gasteiger partial charge on any atom is 0.252 e. The fraction of sp³-hybridized carbons (Fsp3) is 0.333. The molecule has 0 aliphatic heterocycles. The fourth-order valence-electron chi connectivity index (χ4n) is 1.08. The lowest BCUT2D eigenvalue weighted by molar-refractivity contribution is -0.119. The maximum absolute atomic E-state index is 11.7. The summed E-state index contributed by atoms with van der Waals surface area (Å²) in [6, 6.07) is 0.930. The van der Waals surface area contributed by atoms with E-state index in [1.807, 2.05) is 0 Å². The Morgan fingerprint density at radius 2 is 2.33 bits per heavy atom. The number of hydrogen-bond donors (Lipinski definition) is 3. The van der Waals surface area contributed by atoms with Crippen LogP contribution in [0, 0.1) is 11.8 Å². The molecule has 0 aliphatic carbocycles. The Balaban J connectivity index is 2.66. The van der Waals surface area contributed by atoms with Crippen LogP contribution in [0.1, 0.15) is 28.6 Å². The molecule has 1 unspecified atom stereocenters. The molecule has 0 saturated heterocycles. The van der Waals surface area contributed by atoms with Gasteiger partial charge in [-0.15, -0.1) is 11.3 Å². The minimum absolute atomic E-state index is 0.0157. The first-order valence-corrected chi connectivity index (χ1v) is 6.21. The average Bonchev–Trinajstić information content (AvgIpc) is 2.78. The quantitative estimate of drug-likeness (QED) is 0.674. The van der Waals surface area contributed by atoms with E-state index in [4.69, 9.17) is 10.8 Å². The zero-order valence-electron chi connectivity index (χ0n) is 9.90. The van der Waals surface area contributed by atoms with Gasteiger partial charge >= 0.3 is 0 Å². The summed E-state index contributed by atoms with van der Waals surface area (Å²) >= 11 is 1.33. The minimum atomic E-state index is -0.707. The Morgan fingerprint density at radius 1 is 1.61 bits per heavy atom. The zero-order valence-corrected chi connectivity index (χ0v) is 10.7. The molecule has 1 atom stereocenters. The van der Waals surface area contributed by atoms with Crippen molar-refractivity contribution in [2.45, 2.75) is 19.4 Å². The van der Waals surface area contributed by atoms with Crippen molar-refractivity contribution in [3.63, 3.8) is 0 Å². The summed E-state index contributed by atoms with van der Waals surface area (Å²) < 4.78 is 0. The monoisotopic (exact) mass is 266 g/mol. The van der Waals surface area contributed by atoms with Crippen LogP contribution >= 0.6 is 11.3 Å². The van der Waals surface area contributed by atoms with Crippen LogP contribution in [0.2, 0.25) is 0 Å². The van der Waals surface area contributed by atoms with Crippen molar-refractivity contribution in [2.24, 2.45) is 5.73 Å². The van der Waals surface area contributed by atoms with Crippen LogP contribution in [0.4, 0.5) is 0 Å². The van der Waals surface area contributed by atoms with Gasteiger partial charge in [0.1, 0.15) is 6.04 Å². The van der Waals surface area contributed by atoms with Crippen LogP contribution in [0.15, 0.2) is 11.4 Å². The van der Waals surface area contributed by atoms with Gasteiger partial charge in [0.2, 0.25) is 5.91 Å². The molecule has 1 rings (SSSR count). The van der Waals surface area contributed by atoms with E-state index in [1.165, 1.54) is 18.3 Å². The Labute approximate surface area is 109 Å². The minimum Gasteiger partial charge on any atom is -0.395 e. The highest BCUT2D eigenvalue weighted by Crippen LogP contribution is 2.13. The van der Waals surface area contributed by atoms with Gasteiger partial charge in [0.15, 0.2) is 0 Å². The molecule has 0 saturated carbocycles. The van der Waals surface area contributed by atoms with E-state index in [0.717, 1.165) is 4.88 Å². The third kappa shape index (κ3) is 4.20. The molecule has 0 radical (unpaired) electrons. The number of nitrogens with two attached hydrogens (primary N) is 1.